The van der Waals surface area contributed by atoms with Crippen molar-refractivity contribution in [3.8, 4) is 0 Å². The highest BCUT2D eigenvalue weighted by Crippen LogP contribution is 2.24. The van der Waals surface area contributed by atoms with Crippen molar-refractivity contribution >= 4 is 33.3 Å². The number of ether oxygens (including phenoxy) is 1. The van der Waals surface area contributed by atoms with Crippen LogP contribution < -0.4 is 9.62 Å². The summed E-state index contributed by atoms with van der Waals surface area (Å²) in [5.74, 6) is -0.824. The second-order valence-electron chi connectivity index (χ2n) is 7.90. The normalized spacial score (nSPS) is 11.1. The van der Waals surface area contributed by atoms with Crippen LogP contribution in [0.4, 0.5) is 11.4 Å². The number of aryl methyl sites for hydroxylation is 1. The molecule has 0 aliphatic heterocycles. The zero-order valence-electron chi connectivity index (χ0n) is 19.7. The van der Waals surface area contributed by atoms with E-state index >= 15 is 0 Å². The van der Waals surface area contributed by atoms with Gasteiger partial charge in [-0.25, -0.2) is 13.2 Å². The maximum absolute atomic E-state index is 12.8. The van der Waals surface area contributed by atoms with Crippen molar-refractivity contribution in [3.05, 3.63) is 94.5 Å². The third-order valence-corrected chi connectivity index (χ3v) is 6.61. The number of rotatable bonds is 8. The Hall–Kier alpha value is -3.65. The fourth-order valence-corrected chi connectivity index (χ4v) is 4.40. The summed E-state index contributed by atoms with van der Waals surface area (Å²) in [5, 5.41) is 2.81. The molecule has 0 radical (unpaired) electrons. The summed E-state index contributed by atoms with van der Waals surface area (Å²) in [6.45, 7) is 5.85. The lowest BCUT2D eigenvalue weighted by molar-refractivity contribution is 0.0525. The van der Waals surface area contributed by atoms with E-state index in [9.17, 15) is 18.0 Å². The van der Waals surface area contributed by atoms with Gasteiger partial charge in [0.2, 0.25) is 10.0 Å². The second kappa shape index (κ2) is 10.5. The number of nitrogens with zero attached hydrogens (tertiary/aromatic N) is 1. The fraction of sp³-hybridized carbons (Fsp3) is 0.231. The predicted octanol–water partition coefficient (Wildman–Crippen LogP) is 4.70. The van der Waals surface area contributed by atoms with Crippen molar-refractivity contribution in [1.29, 1.82) is 0 Å². The first-order valence-corrected chi connectivity index (χ1v) is 12.7. The van der Waals surface area contributed by atoms with Crippen LogP contribution in [0.1, 0.15) is 44.3 Å². The minimum Gasteiger partial charge on any atom is -0.462 e. The van der Waals surface area contributed by atoms with Crippen LogP contribution in [0, 0.1) is 13.8 Å². The van der Waals surface area contributed by atoms with Gasteiger partial charge in [-0.2, -0.15) is 0 Å². The molecule has 1 amide bonds. The third kappa shape index (κ3) is 5.82. The monoisotopic (exact) mass is 480 g/mol. The maximum atomic E-state index is 12.8. The molecule has 0 aliphatic carbocycles. The lowest BCUT2D eigenvalue weighted by Gasteiger charge is -2.23. The number of hydrogen-bond donors (Lipinski definition) is 1. The van der Waals surface area contributed by atoms with E-state index in [-0.39, 0.29) is 19.1 Å². The van der Waals surface area contributed by atoms with E-state index in [1.807, 2.05) is 31.2 Å². The van der Waals surface area contributed by atoms with Crippen molar-refractivity contribution in [1.82, 2.24) is 0 Å². The van der Waals surface area contributed by atoms with Crippen LogP contribution in [-0.2, 0) is 21.3 Å². The van der Waals surface area contributed by atoms with Crippen molar-refractivity contribution in [3.63, 3.8) is 0 Å². The Morgan fingerprint density at radius 2 is 1.62 bits per heavy atom. The molecule has 0 unspecified atom stereocenters. The highest BCUT2D eigenvalue weighted by molar-refractivity contribution is 7.92. The Morgan fingerprint density at radius 1 is 0.941 bits per heavy atom. The molecule has 3 rings (SSSR count). The molecule has 0 saturated heterocycles. The number of anilines is 2. The largest absolute Gasteiger partial charge is 0.462 e. The molecule has 3 aromatic rings. The van der Waals surface area contributed by atoms with Crippen LogP contribution in [0.15, 0.2) is 66.7 Å². The first kappa shape index (κ1) is 25.0. The molecule has 0 atom stereocenters. The summed E-state index contributed by atoms with van der Waals surface area (Å²) in [6.07, 6.45) is 1.16. The molecule has 0 heterocycles. The topological polar surface area (TPSA) is 92.8 Å². The van der Waals surface area contributed by atoms with Gasteiger partial charge in [0.15, 0.2) is 0 Å². The second-order valence-corrected chi connectivity index (χ2v) is 9.80. The first-order valence-electron chi connectivity index (χ1n) is 10.8. The van der Waals surface area contributed by atoms with E-state index in [0.717, 1.165) is 17.4 Å². The van der Waals surface area contributed by atoms with Crippen LogP contribution in [-0.4, -0.2) is 33.2 Å². The third-order valence-electron chi connectivity index (χ3n) is 5.47. The fourth-order valence-electron chi connectivity index (χ4n) is 3.52. The van der Waals surface area contributed by atoms with Crippen LogP contribution in [0.25, 0.3) is 0 Å². The average molecular weight is 481 g/mol. The number of carbonyl (C=O) groups excluding carboxylic acids is 2. The highest BCUT2D eigenvalue weighted by atomic mass is 32.2. The summed E-state index contributed by atoms with van der Waals surface area (Å²) in [6, 6.07) is 19.0. The van der Waals surface area contributed by atoms with Gasteiger partial charge in [0.05, 0.1) is 30.7 Å². The molecule has 34 heavy (non-hydrogen) atoms. The lowest BCUT2D eigenvalue weighted by Crippen LogP contribution is -2.29. The molecule has 0 aromatic heterocycles. The summed E-state index contributed by atoms with van der Waals surface area (Å²) in [7, 11) is -3.55. The predicted molar refractivity (Wildman–Crippen MR) is 134 cm³/mol. The van der Waals surface area contributed by atoms with Crippen molar-refractivity contribution in [2.75, 3.05) is 22.5 Å². The molecule has 7 nitrogen and oxygen atoms in total. The van der Waals surface area contributed by atoms with Gasteiger partial charge in [-0.15, -0.1) is 0 Å². The van der Waals surface area contributed by atoms with Crippen molar-refractivity contribution < 1.29 is 22.7 Å². The van der Waals surface area contributed by atoms with E-state index < -0.39 is 16.0 Å². The van der Waals surface area contributed by atoms with Crippen LogP contribution in [0.5, 0.6) is 0 Å². The molecular weight excluding hydrogens is 452 g/mol. The molecule has 1 N–H and O–H groups in total. The van der Waals surface area contributed by atoms with Gasteiger partial charge in [-0.05, 0) is 73.9 Å². The van der Waals surface area contributed by atoms with E-state index in [1.165, 1.54) is 4.31 Å². The Kier molecular flexibility index (Phi) is 7.73. The van der Waals surface area contributed by atoms with Crippen LogP contribution >= 0.6 is 0 Å². The van der Waals surface area contributed by atoms with E-state index in [4.69, 9.17) is 4.74 Å². The lowest BCUT2D eigenvalue weighted by atomic mass is 10.1. The van der Waals surface area contributed by atoms with Crippen molar-refractivity contribution in [2.24, 2.45) is 0 Å². The molecule has 8 heteroatoms. The number of nitrogens with one attached hydrogen (secondary N) is 1. The van der Waals surface area contributed by atoms with E-state index in [2.05, 4.69) is 5.32 Å². The Balaban J connectivity index is 1.82. The number of sulfonamides is 1. The zero-order valence-corrected chi connectivity index (χ0v) is 20.5. The molecule has 0 spiro atoms. The minimum atomic E-state index is -3.55. The van der Waals surface area contributed by atoms with Gasteiger partial charge in [-0.3, -0.25) is 9.10 Å². The van der Waals surface area contributed by atoms with Gasteiger partial charge in [0, 0.05) is 11.3 Å². The Bertz CT molecular complexity index is 1300. The van der Waals surface area contributed by atoms with Crippen LogP contribution in [0.2, 0.25) is 0 Å². The Morgan fingerprint density at radius 3 is 2.24 bits per heavy atom. The number of hydrogen-bond acceptors (Lipinski definition) is 5. The molecule has 178 valence electrons. The molecule has 0 saturated carbocycles. The minimum absolute atomic E-state index is 0.191. The number of esters is 1. The van der Waals surface area contributed by atoms with Gasteiger partial charge < -0.3 is 10.1 Å². The van der Waals surface area contributed by atoms with E-state index in [0.29, 0.717) is 28.1 Å². The summed E-state index contributed by atoms with van der Waals surface area (Å²) < 4.78 is 31.3. The highest BCUT2D eigenvalue weighted by Gasteiger charge is 2.20. The molecule has 3 aromatic carbocycles. The SMILES string of the molecule is CCOC(=O)c1cccc(NC(=O)c2ccc(N(Cc3ccccc3C)S(C)(=O)=O)cc2)c1C. The van der Waals surface area contributed by atoms with Crippen LogP contribution in [0.3, 0.4) is 0 Å². The molecule has 0 fully saturated rings. The first-order chi connectivity index (χ1) is 16.1. The number of benzene rings is 3. The number of carbonyl (C=O) groups is 2. The number of amides is 1. The summed E-state index contributed by atoms with van der Waals surface area (Å²) >= 11 is 0. The zero-order chi connectivity index (χ0) is 24.9. The van der Waals surface area contributed by atoms with E-state index in [1.54, 1.807) is 56.3 Å². The van der Waals surface area contributed by atoms with Gasteiger partial charge in [-0.1, -0.05) is 30.3 Å². The maximum Gasteiger partial charge on any atom is 0.338 e. The van der Waals surface area contributed by atoms with Gasteiger partial charge >= 0.3 is 5.97 Å². The Labute approximate surface area is 200 Å². The quantitative estimate of drug-likeness (QED) is 0.472. The van der Waals surface area contributed by atoms with Gasteiger partial charge in [0.25, 0.3) is 5.91 Å². The molecular formula is C26H28N2O5S. The standard InChI is InChI=1S/C26H28N2O5S/c1-5-33-26(30)23-11-8-12-24(19(23)3)27-25(29)20-13-15-22(16-14-20)28(34(4,31)32)17-21-10-7-6-9-18(21)2/h6-16H,5,17H2,1-4H3,(H,27,29). The summed E-state index contributed by atoms with van der Waals surface area (Å²) in [5.41, 5.74) is 4.19. The van der Waals surface area contributed by atoms with Crippen molar-refractivity contribution in [2.45, 2.75) is 27.3 Å². The smallest absolute Gasteiger partial charge is 0.338 e. The average Bonchev–Trinajstić information content (AvgIpc) is 2.79. The molecule has 0 bridgehead atoms. The summed E-state index contributed by atoms with van der Waals surface area (Å²) in [4.78, 5) is 24.9. The molecule has 0 aliphatic rings. The van der Waals surface area contributed by atoms with Gasteiger partial charge in [0.1, 0.15) is 0 Å².